The summed E-state index contributed by atoms with van der Waals surface area (Å²) in [6.07, 6.45) is 4.48. The third kappa shape index (κ3) is 5.00. The third-order valence-electron chi connectivity index (χ3n) is 5.99. The second-order valence-electron chi connectivity index (χ2n) is 7.89. The predicted molar refractivity (Wildman–Crippen MR) is 129 cm³/mol. The lowest BCUT2D eigenvalue weighted by Crippen LogP contribution is -2.36. The summed E-state index contributed by atoms with van der Waals surface area (Å²) in [6.45, 7) is 9.10. The van der Waals surface area contributed by atoms with Crippen LogP contribution in [0.15, 0.2) is 28.3 Å². The summed E-state index contributed by atoms with van der Waals surface area (Å²) in [6, 6.07) is 5.16. The number of hydrogen-bond donors (Lipinski definition) is 0. The summed E-state index contributed by atoms with van der Waals surface area (Å²) < 4.78 is 27.2. The number of rotatable bonds is 8. The maximum absolute atomic E-state index is 13.1. The number of anilines is 1. The number of carbonyl (C=O) groups excluding carboxylic acids is 1. The number of amides is 1. The number of fused-ring (bicyclic) bond motifs is 1. The van der Waals surface area contributed by atoms with Crippen LogP contribution in [0.25, 0.3) is 0 Å². The smallest absolute Gasteiger partial charge is 0.243 e. The van der Waals surface area contributed by atoms with Crippen molar-refractivity contribution in [2.75, 3.05) is 30.8 Å². The normalized spacial score (nSPS) is 14.0. The topological polar surface area (TPSA) is 83.5 Å². The lowest BCUT2D eigenvalue weighted by atomic mass is 10.0. The van der Waals surface area contributed by atoms with E-state index in [0.717, 1.165) is 46.2 Å². The molecule has 0 unspecified atom stereocenters. The van der Waals surface area contributed by atoms with Crippen LogP contribution in [0, 0.1) is 13.8 Å². The fourth-order valence-electron chi connectivity index (χ4n) is 4.23. The average molecular weight is 477 g/mol. The van der Waals surface area contributed by atoms with Crippen LogP contribution in [0.4, 0.5) is 5.69 Å². The fraction of sp³-hybridized carbons (Fsp3) is 0.522. The number of hydrogen-bond acceptors (Lipinski definition) is 6. The molecule has 0 N–H and O–H groups in total. The van der Waals surface area contributed by atoms with E-state index >= 15 is 0 Å². The van der Waals surface area contributed by atoms with Crippen LogP contribution in [0.2, 0.25) is 0 Å². The number of carbonyl (C=O) groups is 1. The van der Waals surface area contributed by atoms with E-state index in [4.69, 9.17) is 0 Å². The van der Waals surface area contributed by atoms with Gasteiger partial charge in [-0.05, 0) is 68.7 Å². The molecule has 0 aliphatic carbocycles. The van der Waals surface area contributed by atoms with E-state index in [1.807, 2.05) is 34.0 Å². The molecular formula is C23H32N4O3S2. The molecule has 0 saturated heterocycles. The molecule has 1 aromatic carbocycles. The molecule has 0 spiro atoms. The standard InChI is InChI=1S/C23H32N4O3S2/c1-6-26(7-2)32(29,30)19-10-12-21-18(15-19)9-8-14-27(21)22(28)13-11-20-16(3)24-23(31-5)25-17(20)4/h10,12,15H,6-9,11,13-14H2,1-5H3. The van der Waals surface area contributed by atoms with Gasteiger partial charge in [0.2, 0.25) is 15.9 Å². The lowest BCUT2D eigenvalue weighted by Gasteiger charge is -2.30. The van der Waals surface area contributed by atoms with Crippen molar-refractivity contribution in [1.82, 2.24) is 14.3 Å². The Morgan fingerprint density at radius 2 is 1.81 bits per heavy atom. The zero-order valence-electron chi connectivity index (χ0n) is 19.5. The molecule has 9 heteroatoms. The molecule has 1 amide bonds. The van der Waals surface area contributed by atoms with Gasteiger partial charge < -0.3 is 4.90 Å². The molecule has 0 atom stereocenters. The van der Waals surface area contributed by atoms with Crippen molar-refractivity contribution in [2.45, 2.75) is 63.4 Å². The maximum atomic E-state index is 13.1. The zero-order valence-corrected chi connectivity index (χ0v) is 21.1. The van der Waals surface area contributed by atoms with Crippen molar-refractivity contribution in [3.8, 4) is 0 Å². The minimum atomic E-state index is -3.52. The number of aromatic nitrogens is 2. The van der Waals surface area contributed by atoms with Gasteiger partial charge in [-0.15, -0.1) is 0 Å². The Kier molecular flexibility index (Phi) is 7.95. The van der Waals surface area contributed by atoms with E-state index in [2.05, 4.69) is 9.97 Å². The molecule has 2 aromatic rings. The second kappa shape index (κ2) is 10.3. The quantitative estimate of drug-likeness (QED) is 0.426. The summed E-state index contributed by atoms with van der Waals surface area (Å²) in [5.41, 5.74) is 4.59. The molecule has 32 heavy (non-hydrogen) atoms. The highest BCUT2D eigenvalue weighted by Crippen LogP contribution is 2.31. The van der Waals surface area contributed by atoms with Gasteiger partial charge in [0.1, 0.15) is 0 Å². The van der Waals surface area contributed by atoms with E-state index in [9.17, 15) is 13.2 Å². The van der Waals surface area contributed by atoms with E-state index in [-0.39, 0.29) is 5.91 Å². The minimum Gasteiger partial charge on any atom is -0.312 e. The van der Waals surface area contributed by atoms with E-state index in [1.54, 1.807) is 23.1 Å². The van der Waals surface area contributed by atoms with Gasteiger partial charge in [-0.2, -0.15) is 4.31 Å². The van der Waals surface area contributed by atoms with Crippen molar-refractivity contribution in [2.24, 2.45) is 0 Å². The van der Waals surface area contributed by atoms with Crippen LogP contribution in [0.1, 0.15) is 49.2 Å². The van der Waals surface area contributed by atoms with Gasteiger partial charge in [0.05, 0.1) is 4.90 Å². The molecule has 7 nitrogen and oxygen atoms in total. The van der Waals surface area contributed by atoms with Crippen molar-refractivity contribution in [3.05, 3.63) is 40.7 Å². The molecule has 2 heterocycles. The van der Waals surface area contributed by atoms with Crippen LogP contribution >= 0.6 is 11.8 Å². The van der Waals surface area contributed by atoms with Crippen molar-refractivity contribution < 1.29 is 13.2 Å². The van der Waals surface area contributed by atoms with Gasteiger partial charge in [0.15, 0.2) is 5.16 Å². The Balaban J connectivity index is 1.80. The minimum absolute atomic E-state index is 0.0399. The molecule has 0 bridgehead atoms. The molecule has 0 fully saturated rings. The van der Waals surface area contributed by atoms with Gasteiger partial charge >= 0.3 is 0 Å². The van der Waals surface area contributed by atoms with Gasteiger partial charge in [0.25, 0.3) is 0 Å². The first-order valence-electron chi connectivity index (χ1n) is 11.0. The van der Waals surface area contributed by atoms with Crippen molar-refractivity contribution in [1.29, 1.82) is 0 Å². The molecule has 1 aliphatic rings. The highest BCUT2D eigenvalue weighted by atomic mass is 32.2. The first kappa shape index (κ1) is 24.7. The molecule has 174 valence electrons. The molecule has 0 saturated carbocycles. The van der Waals surface area contributed by atoms with Gasteiger partial charge in [-0.3, -0.25) is 4.79 Å². The Morgan fingerprint density at radius 3 is 2.41 bits per heavy atom. The van der Waals surface area contributed by atoms with E-state index < -0.39 is 10.0 Å². The first-order valence-corrected chi connectivity index (χ1v) is 13.7. The average Bonchev–Trinajstić information content (AvgIpc) is 2.77. The largest absolute Gasteiger partial charge is 0.312 e. The lowest BCUT2D eigenvalue weighted by molar-refractivity contribution is -0.118. The van der Waals surface area contributed by atoms with Crippen molar-refractivity contribution >= 4 is 33.4 Å². The first-order chi connectivity index (χ1) is 15.2. The van der Waals surface area contributed by atoms with Gasteiger partial charge in [-0.1, -0.05) is 25.6 Å². The summed E-state index contributed by atoms with van der Waals surface area (Å²) in [4.78, 5) is 24.2. The predicted octanol–water partition coefficient (Wildman–Crippen LogP) is 3.76. The number of thioether (sulfide) groups is 1. The fourth-order valence-corrected chi connectivity index (χ4v) is 6.20. The monoisotopic (exact) mass is 476 g/mol. The Morgan fingerprint density at radius 1 is 1.16 bits per heavy atom. The van der Waals surface area contributed by atoms with Gasteiger partial charge in [-0.25, -0.2) is 18.4 Å². The summed E-state index contributed by atoms with van der Waals surface area (Å²) >= 11 is 1.51. The number of nitrogens with zero attached hydrogens (tertiary/aromatic N) is 4. The number of sulfonamides is 1. The van der Waals surface area contributed by atoms with Gasteiger partial charge in [0, 0.05) is 43.1 Å². The highest BCUT2D eigenvalue weighted by Gasteiger charge is 2.27. The Labute approximate surface area is 195 Å². The SMILES string of the molecule is CCN(CC)S(=O)(=O)c1ccc2c(c1)CCCN2C(=O)CCc1c(C)nc(SC)nc1C. The van der Waals surface area contributed by atoms with Crippen LogP contribution in [-0.4, -0.2) is 54.5 Å². The Hall–Kier alpha value is -1.97. The molecule has 1 aliphatic heterocycles. The summed E-state index contributed by atoms with van der Waals surface area (Å²) in [5.74, 6) is 0.0399. The van der Waals surface area contributed by atoms with Crippen LogP contribution < -0.4 is 4.90 Å². The molecule has 1 aromatic heterocycles. The Bertz CT molecular complexity index is 1080. The molecule has 0 radical (unpaired) electrons. The van der Waals surface area contributed by atoms with Crippen LogP contribution in [0.5, 0.6) is 0 Å². The van der Waals surface area contributed by atoms with E-state index in [0.29, 0.717) is 37.4 Å². The summed E-state index contributed by atoms with van der Waals surface area (Å²) in [7, 11) is -3.52. The highest BCUT2D eigenvalue weighted by molar-refractivity contribution is 7.98. The second-order valence-corrected chi connectivity index (χ2v) is 10.6. The zero-order chi connectivity index (χ0) is 23.5. The van der Waals surface area contributed by atoms with E-state index in [1.165, 1.54) is 16.1 Å². The van der Waals surface area contributed by atoms with Crippen molar-refractivity contribution in [3.63, 3.8) is 0 Å². The van der Waals surface area contributed by atoms with Crippen LogP contribution in [-0.2, 0) is 27.7 Å². The molecular weight excluding hydrogens is 444 g/mol. The maximum Gasteiger partial charge on any atom is 0.243 e. The molecule has 3 rings (SSSR count). The summed E-state index contributed by atoms with van der Waals surface area (Å²) in [5, 5.41) is 0.746. The van der Waals surface area contributed by atoms with Crippen LogP contribution in [0.3, 0.4) is 0 Å². The number of benzene rings is 1. The number of aryl methyl sites for hydroxylation is 3. The third-order valence-corrected chi connectivity index (χ3v) is 8.58.